The molecule has 0 aromatic rings. The summed E-state index contributed by atoms with van der Waals surface area (Å²) in [6, 6.07) is -0.114. The molecule has 2 unspecified atom stereocenters. The molecule has 0 radical (unpaired) electrons. The van der Waals surface area contributed by atoms with Crippen LogP contribution < -0.4 is 5.32 Å². The van der Waals surface area contributed by atoms with Crippen LogP contribution in [0.4, 0.5) is 0 Å². The molecule has 202 valence electrons. The minimum atomic E-state index is -1.34. The predicted molar refractivity (Wildman–Crippen MR) is 133 cm³/mol. The topological polar surface area (TPSA) is 127 Å². The lowest BCUT2D eigenvalue weighted by Crippen LogP contribution is -2.54. The van der Waals surface area contributed by atoms with E-state index in [2.05, 4.69) is 18.3 Å². The van der Waals surface area contributed by atoms with Crippen LogP contribution >= 0.6 is 0 Å². The van der Waals surface area contributed by atoms with Crippen molar-refractivity contribution in [3.05, 3.63) is 36.0 Å². The van der Waals surface area contributed by atoms with Crippen molar-refractivity contribution in [2.24, 2.45) is 5.92 Å². The van der Waals surface area contributed by atoms with E-state index < -0.39 is 35.7 Å². The third kappa shape index (κ3) is 7.73. The van der Waals surface area contributed by atoms with Crippen LogP contribution in [0.25, 0.3) is 0 Å². The number of allylic oxidation sites excluding steroid dienone is 2. The zero-order valence-electron chi connectivity index (χ0n) is 22.1. The van der Waals surface area contributed by atoms with Crippen molar-refractivity contribution in [1.82, 2.24) is 5.32 Å². The lowest BCUT2D eigenvalue weighted by atomic mass is 9.87. The highest BCUT2D eigenvalue weighted by molar-refractivity contribution is 5.87. The summed E-state index contributed by atoms with van der Waals surface area (Å²) in [4.78, 5) is 23.3. The third-order valence-electron chi connectivity index (χ3n) is 7.02. The number of carbonyl (C=O) groups excluding carboxylic acids is 2. The molecule has 9 atom stereocenters. The van der Waals surface area contributed by atoms with Crippen molar-refractivity contribution in [3.8, 4) is 0 Å². The van der Waals surface area contributed by atoms with Crippen LogP contribution in [0.3, 0.4) is 0 Å². The number of rotatable bonds is 8. The minimum Gasteiger partial charge on any atom is -0.459 e. The summed E-state index contributed by atoms with van der Waals surface area (Å²) in [5.74, 6) is -1.75. The van der Waals surface area contributed by atoms with E-state index in [1.807, 2.05) is 19.9 Å². The van der Waals surface area contributed by atoms with E-state index in [1.165, 1.54) is 13.0 Å². The van der Waals surface area contributed by atoms with Gasteiger partial charge in [-0.15, -0.1) is 0 Å². The Morgan fingerprint density at radius 1 is 1.25 bits per heavy atom. The number of epoxide rings is 1. The molecule has 3 heterocycles. The van der Waals surface area contributed by atoms with Crippen LogP contribution in [0.1, 0.15) is 60.8 Å². The highest BCUT2D eigenvalue weighted by atomic mass is 16.7. The summed E-state index contributed by atoms with van der Waals surface area (Å²) in [6.45, 7) is 11.1. The molecular formula is C27H41NO8. The number of aliphatic hydroxyl groups is 2. The summed E-state index contributed by atoms with van der Waals surface area (Å²) in [5.41, 5.74) is 0.283. The van der Waals surface area contributed by atoms with Gasteiger partial charge in [0.2, 0.25) is 5.91 Å². The van der Waals surface area contributed by atoms with Gasteiger partial charge in [-0.1, -0.05) is 30.7 Å². The average molecular weight is 508 g/mol. The maximum absolute atomic E-state index is 12.3. The predicted octanol–water partition coefficient (Wildman–Crippen LogP) is 2.31. The first kappa shape index (κ1) is 28.5. The third-order valence-corrected chi connectivity index (χ3v) is 7.02. The van der Waals surface area contributed by atoms with Gasteiger partial charge in [0.1, 0.15) is 23.9 Å². The van der Waals surface area contributed by atoms with Crippen molar-refractivity contribution >= 4 is 11.9 Å². The highest BCUT2D eigenvalue weighted by Gasteiger charge is 2.61. The van der Waals surface area contributed by atoms with E-state index in [0.717, 1.165) is 12.0 Å². The Bertz CT molecular complexity index is 890. The molecule has 1 amide bonds. The van der Waals surface area contributed by atoms with Crippen LogP contribution in [0.5, 0.6) is 0 Å². The van der Waals surface area contributed by atoms with Crippen molar-refractivity contribution in [1.29, 1.82) is 0 Å². The smallest absolute Gasteiger partial charge is 0.303 e. The summed E-state index contributed by atoms with van der Waals surface area (Å²) in [7, 11) is 0. The Morgan fingerprint density at radius 2 is 1.94 bits per heavy atom. The second-order valence-electron chi connectivity index (χ2n) is 10.7. The average Bonchev–Trinajstić information content (AvgIpc) is 3.54. The van der Waals surface area contributed by atoms with Crippen LogP contribution in [0.15, 0.2) is 36.0 Å². The first-order valence-corrected chi connectivity index (χ1v) is 12.7. The van der Waals surface area contributed by atoms with Gasteiger partial charge in [0, 0.05) is 19.4 Å². The molecule has 0 bridgehead atoms. The Hall–Kier alpha value is -2.04. The molecule has 9 nitrogen and oxygen atoms in total. The first-order chi connectivity index (χ1) is 16.8. The number of amides is 1. The lowest BCUT2D eigenvalue weighted by molar-refractivity contribution is -0.272. The van der Waals surface area contributed by atoms with Crippen LogP contribution in [0, 0.1) is 5.92 Å². The van der Waals surface area contributed by atoms with Crippen LogP contribution in [0.2, 0.25) is 0 Å². The number of aliphatic hydroxyl groups excluding tert-OH is 1. The van der Waals surface area contributed by atoms with Crippen molar-refractivity contribution in [2.45, 2.75) is 109 Å². The molecule has 1 spiro atoms. The van der Waals surface area contributed by atoms with E-state index in [9.17, 15) is 19.8 Å². The fraction of sp³-hybridized carbons (Fsp3) is 0.704. The van der Waals surface area contributed by atoms with E-state index in [0.29, 0.717) is 13.0 Å². The fourth-order valence-corrected chi connectivity index (χ4v) is 4.95. The summed E-state index contributed by atoms with van der Waals surface area (Å²) in [5, 5.41) is 23.9. The molecule has 3 aliphatic rings. The molecule has 3 saturated heterocycles. The van der Waals surface area contributed by atoms with E-state index in [-0.39, 0.29) is 36.5 Å². The van der Waals surface area contributed by atoms with Gasteiger partial charge in [-0.3, -0.25) is 9.59 Å². The molecule has 3 N–H and O–H groups in total. The van der Waals surface area contributed by atoms with Gasteiger partial charge >= 0.3 is 5.97 Å². The number of nitrogens with one attached hydrogen (secondary N) is 1. The Balaban J connectivity index is 1.49. The maximum atomic E-state index is 12.3. The number of ether oxygens (including phenoxy) is 4. The van der Waals surface area contributed by atoms with Gasteiger partial charge in [0.15, 0.2) is 5.79 Å². The monoisotopic (exact) mass is 507 g/mol. The SMILES string of the molecule is CC(=O)O[C@@H](C)C=CC(=O)NC1C[C@H](C)[C@H](CC=C(C)C=C[C@H]2O[C@](C)(O)CC3(CO3)[C@@H]2O)O[C@@H]1C. The zero-order valence-corrected chi connectivity index (χ0v) is 22.1. The first-order valence-electron chi connectivity index (χ1n) is 12.7. The summed E-state index contributed by atoms with van der Waals surface area (Å²) < 4.78 is 22.3. The zero-order chi connectivity index (χ0) is 26.7. The van der Waals surface area contributed by atoms with Gasteiger partial charge in [0.05, 0.1) is 24.9 Å². The van der Waals surface area contributed by atoms with E-state index in [4.69, 9.17) is 18.9 Å². The number of esters is 1. The van der Waals surface area contributed by atoms with E-state index >= 15 is 0 Å². The van der Waals surface area contributed by atoms with Crippen molar-refractivity contribution in [3.63, 3.8) is 0 Å². The van der Waals surface area contributed by atoms with Gasteiger partial charge in [-0.25, -0.2) is 0 Å². The van der Waals surface area contributed by atoms with Crippen molar-refractivity contribution in [2.75, 3.05) is 6.61 Å². The normalized spacial score (nSPS) is 39.9. The fourth-order valence-electron chi connectivity index (χ4n) is 4.95. The maximum Gasteiger partial charge on any atom is 0.303 e. The second kappa shape index (κ2) is 11.6. The molecule has 0 aromatic heterocycles. The molecule has 3 fully saturated rings. The summed E-state index contributed by atoms with van der Waals surface area (Å²) in [6.07, 6.45) is 8.33. The largest absolute Gasteiger partial charge is 0.459 e. The number of carbonyl (C=O) groups is 2. The number of hydrogen-bond donors (Lipinski definition) is 3. The van der Waals surface area contributed by atoms with Crippen LogP contribution in [-0.2, 0) is 28.5 Å². The van der Waals surface area contributed by atoms with Crippen LogP contribution in [-0.4, -0.2) is 76.6 Å². The highest BCUT2D eigenvalue weighted by Crippen LogP contribution is 2.45. The molecule has 0 saturated carbocycles. The molecule has 3 rings (SSSR count). The lowest BCUT2D eigenvalue weighted by Gasteiger charge is -2.40. The van der Waals surface area contributed by atoms with Crippen molar-refractivity contribution < 1.29 is 38.7 Å². The van der Waals surface area contributed by atoms with Gasteiger partial charge in [-0.2, -0.15) is 0 Å². The quantitative estimate of drug-likeness (QED) is 0.198. The molecule has 9 heteroatoms. The molecule has 36 heavy (non-hydrogen) atoms. The Morgan fingerprint density at radius 3 is 2.58 bits per heavy atom. The number of hydrogen-bond acceptors (Lipinski definition) is 8. The second-order valence-corrected chi connectivity index (χ2v) is 10.7. The summed E-state index contributed by atoms with van der Waals surface area (Å²) >= 11 is 0. The Kier molecular flexibility index (Phi) is 9.16. The van der Waals surface area contributed by atoms with E-state index in [1.54, 1.807) is 26.0 Å². The molecule has 0 aromatic carbocycles. The molecule has 0 aliphatic carbocycles. The minimum absolute atomic E-state index is 0.0106. The molecular weight excluding hydrogens is 466 g/mol. The Labute approximate surface area is 213 Å². The van der Waals surface area contributed by atoms with Gasteiger partial charge in [0.25, 0.3) is 0 Å². The standard InChI is InChI=1S/C27H41NO8/c1-16(8-11-23-25(31)27(15-33-27)14-26(6,32)36-23)7-10-22-17(2)13-21(19(4)35-22)28-24(30)12-9-18(3)34-20(5)29/h7-9,11-12,17-19,21-23,25,31-32H,10,13-15H2,1-6H3,(H,28,30)/t17-,18-,19+,21?,22-,23+,25+,26-,27?/m0/s1. The molecule has 3 aliphatic heterocycles. The van der Waals surface area contributed by atoms with Gasteiger partial charge < -0.3 is 34.5 Å². The van der Waals surface area contributed by atoms with Gasteiger partial charge in [-0.05, 0) is 52.5 Å².